The highest BCUT2D eigenvalue weighted by Gasteiger charge is 2.20. The van der Waals surface area contributed by atoms with Crippen molar-refractivity contribution in [3.05, 3.63) is 53.1 Å². The molecule has 0 aliphatic carbocycles. The first kappa shape index (κ1) is 18.7. The first-order valence-corrected chi connectivity index (χ1v) is 10.4. The van der Waals surface area contributed by atoms with Crippen molar-refractivity contribution < 1.29 is 9.15 Å². The fourth-order valence-electron chi connectivity index (χ4n) is 4.05. The minimum atomic E-state index is -0.400. The van der Waals surface area contributed by atoms with E-state index in [2.05, 4.69) is 25.0 Å². The Bertz CT molecular complexity index is 1190. The molecular weight excluding hydrogens is 382 g/mol. The van der Waals surface area contributed by atoms with Gasteiger partial charge in [-0.1, -0.05) is 6.07 Å². The van der Waals surface area contributed by atoms with Crippen molar-refractivity contribution in [2.75, 3.05) is 44.2 Å². The minimum absolute atomic E-state index is 0.400. The Morgan fingerprint density at radius 3 is 2.87 bits per heavy atom. The predicted octanol–water partition coefficient (Wildman–Crippen LogP) is 2.98. The van der Waals surface area contributed by atoms with Crippen molar-refractivity contribution in [1.29, 1.82) is 0 Å². The van der Waals surface area contributed by atoms with Crippen LogP contribution >= 0.6 is 0 Å². The predicted molar refractivity (Wildman–Crippen MR) is 116 cm³/mol. The molecule has 0 saturated carbocycles. The maximum Gasteiger partial charge on any atom is 0.417 e. The fourth-order valence-corrected chi connectivity index (χ4v) is 4.05. The van der Waals surface area contributed by atoms with E-state index in [0.29, 0.717) is 12.2 Å². The van der Waals surface area contributed by atoms with Gasteiger partial charge in [0.15, 0.2) is 5.58 Å². The Morgan fingerprint density at radius 2 is 1.97 bits per heavy atom. The lowest BCUT2D eigenvalue weighted by molar-refractivity contribution is 0.238. The summed E-state index contributed by atoms with van der Waals surface area (Å²) in [4.78, 5) is 19.0. The molecule has 2 aromatic carbocycles. The van der Waals surface area contributed by atoms with E-state index in [4.69, 9.17) is 9.15 Å². The van der Waals surface area contributed by atoms with E-state index in [-0.39, 0.29) is 0 Å². The third-order valence-electron chi connectivity index (χ3n) is 5.69. The van der Waals surface area contributed by atoms with Crippen molar-refractivity contribution >= 4 is 27.7 Å². The number of nitrogens with zero attached hydrogens (tertiary/aromatic N) is 3. The normalized spacial score (nSPS) is 15.3. The molecule has 0 atom stereocenters. The fraction of sp³-hybridized carbons (Fsp3) is 0.364. The summed E-state index contributed by atoms with van der Waals surface area (Å²) in [5.41, 5.74) is 3.40. The molecule has 3 heterocycles. The number of benzene rings is 2. The van der Waals surface area contributed by atoms with Crippen molar-refractivity contribution in [3.8, 4) is 5.75 Å². The third-order valence-corrected chi connectivity index (χ3v) is 5.69. The number of rotatable bonds is 7. The summed E-state index contributed by atoms with van der Waals surface area (Å²) in [7, 11) is 0. The van der Waals surface area contributed by atoms with E-state index < -0.39 is 5.76 Å². The number of para-hydroxylation sites is 1. The topological polar surface area (TPSA) is 90.4 Å². The SMILES string of the molecule is O=c1[nH]c2cccc(N3CCN(CCCCOc4ccc5cn[nH]c5c4)CC3)c2o1. The summed E-state index contributed by atoms with van der Waals surface area (Å²) in [5.74, 6) is 0.480. The van der Waals surface area contributed by atoms with Gasteiger partial charge in [0.2, 0.25) is 0 Å². The van der Waals surface area contributed by atoms with Crippen LogP contribution in [0.1, 0.15) is 12.8 Å². The van der Waals surface area contributed by atoms with Gasteiger partial charge in [-0.25, -0.2) is 4.79 Å². The molecule has 5 rings (SSSR count). The molecule has 1 aliphatic rings. The van der Waals surface area contributed by atoms with Crippen LogP contribution < -0.4 is 15.4 Å². The lowest BCUT2D eigenvalue weighted by Gasteiger charge is -2.36. The molecule has 1 aliphatic heterocycles. The maximum absolute atomic E-state index is 11.5. The second-order valence-electron chi connectivity index (χ2n) is 7.67. The second kappa shape index (κ2) is 8.23. The first-order chi connectivity index (χ1) is 14.8. The molecule has 1 fully saturated rings. The molecule has 4 aromatic rings. The molecule has 2 aromatic heterocycles. The number of anilines is 1. The van der Waals surface area contributed by atoms with Crippen LogP contribution in [0.2, 0.25) is 0 Å². The third kappa shape index (κ3) is 3.91. The molecule has 0 bridgehead atoms. The Hall–Kier alpha value is -3.26. The summed E-state index contributed by atoms with van der Waals surface area (Å²) in [6.45, 7) is 5.64. The number of nitrogens with one attached hydrogen (secondary N) is 2. The number of oxazole rings is 1. The van der Waals surface area contributed by atoms with Gasteiger partial charge in [-0.05, 0) is 43.7 Å². The number of aromatic nitrogens is 3. The second-order valence-corrected chi connectivity index (χ2v) is 7.67. The molecule has 156 valence electrons. The zero-order valence-corrected chi connectivity index (χ0v) is 16.8. The number of aromatic amines is 2. The number of hydrogen-bond donors (Lipinski definition) is 2. The van der Waals surface area contributed by atoms with Gasteiger partial charge in [-0.2, -0.15) is 5.10 Å². The van der Waals surface area contributed by atoms with Crippen LogP contribution in [-0.2, 0) is 0 Å². The van der Waals surface area contributed by atoms with Crippen molar-refractivity contribution in [1.82, 2.24) is 20.1 Å². The molecule has 8 heteroatoms. The Kier molecular flexibility index (Phi) is 5.15. The van der Waals surface area contributed by atoms with E-state index in [0.717, 1.165) is 73.4 Å². The molecule has 8 nitrogen and oxygen atoms in total. The molecule has 0 unspecified atom stereocenters. The van der Waals surface area contributed by atoms with Crippen LogP contribution in [0.3, 0.4) is 0 Å². The highest BCUT2D eigenvalue weighted by Crippen LogP contribution is 2.26. The van der Waals surface area contributed by atoms with E-state index in [1.807, 2.05) is 42.6 Å². The van der Waals surface area contributed by atoms with Crippen LogP contribution in [-0.4, -0.2) is 59.4 Å². The van der Waals surface area contributed by atoms with E-state index in [9.17, 15) is 4.79 Å². The van der Waals surface area contributed by atoms with Crippen LogP contribution in [0.25, 0.3) is 22.0 Å². The molecule has 2 N–H and O–H groups in total. The highest BCUT2D eigenvalue weighted by molar-refractivity contribution is 5.86. The summed E-state index contributed by atoms with van der Waals surface area (Å²) in [5, 5.41) is 8.10. The highest BCUT2D eigenvalue weighted by atomic mass is 16.5. The number of H-pyrrole nitrogens is 2. The van der Waals surface area contributed by atoms with Crippen LogP contribution in [0.4, 0.5) is 5.69 Å². The Balaban J connectivity index is 1.06. The van der Waals surface area contributed by atoms with Gasteiger partial charge >= 0.3 is 5.76 Å². The number of hydrogen-bond acceptors (Lipinski definition) is 6. The van der Waals surface area contributed by atoms with E-state index in [1.54, 1.807) is 0 Å². The van der Waals surface area contributed by atoms with E-state index in [1.165, 1.54) is 0 Å². The first-order valence-electron chi connectivity index (χ1n) is 10.4. The quantitative estimate of drug-likeness (QED) is 0.458. The Morgan fingerprint density at radius 1 is 1.07 bits per heavy atom. The largest absolute Gasteiger partial charge is 0.494 e. The molecule has 0 radical (unpaired) electrons. The van der Waals surface area contributed by atoms with Crippen LogP contribution in [0.15, 0.2) is 51.8 Å². The summed E-state index contributed by atoms with van der Waals surface area (Å²) < 4.78 is 11.2. The lowest BCUT2D eigenvalue weighted by Crippen LogP contribution is -2.46. The molecule has 1 saturated heterocycles. The molecular formula is C22H25N5O3. The molecule has 30 heavy (non-hydrogen) atoms. The average Bonchev–Trinajstić information content (AvgIpc) is 3.38. The van der Waals surface area contributed by atoms with Crippen LogP contribution in [0.5, 0.6) is 5.75 Å². The van der Waals surface area contributed by atoms with Crippen molar-refractivity contribution in [3.63, 3.8) is 0 Å². The van der Waals surface area contributed by atoms with Gasteiger partial charge in [0.05, 0.1) is 29.5 Å². The minimum Gasteiger partial charge on any atom is -0.494 e. The van der Waals surface area contributed by atoms with Gasteiger partial charge < -0.3 is 14.1 Å². The van der Waals surface area contributed by atoms with E-state index >= 15 is 0 Å². The Labute approximate surface area is 173 Å². The zero-order valence-electron chi connectivity index (χ0n) is 16.8. The lowest BCUT2D eigenvalue weighted by atomic mass is 10.2. The number of ether oxygens (including phenoxy) is 1. The number of piperazine rings is 1. The maximum atomic E-state index is 11.5. The van der Waals surface area contributed by atoms with Gasteiger partial charge in [0.1, 0.15) is 5.75 Å². The zero-order chi connectivity index (χ0) is 20.3. The molecule has 0 amide bonds. The van der Waals surface area contributed by atoms with Gasteiger partial charge in [0, 0.05) is 37.6 Å². The number of fused-ring (bicyclic) bond motifs is 2. The standard InChI is InChI=1S/C22H25N5O3/c28-22-24-18-4-3-5-20(21(18)30-22)27-11-9-26(10-12-27)8-1-2-13-29-17-7-6-16-15-23-25-19(16)14-17/h3-7,14-15H,1-2,8-13H2,(H,23,25)(H,24,28). The monoisotopic (exact) mass is 407 g/mol. The van der Waals surface area contributed by atoms with Crippen LogP contribution in [0, 0.1) is 0 Å². The van der Waals surface area contributed by atoms with Crippen molar-refractivity contribution in [2.45, 2.75) is 12.8 Å². The summed E-state index contributed by atoms with van der Waals surface area (Å²) in [6.07, 6.45) is 3.94. The smallest absolute Gasteiger partial charge is 0.417 e. The average molecular weight is 407 g/mol. The van der Waals surface area contributed by atoms with Gasteiger partial charge in [0.25, 0.3) is 0 Å². The summed E-state index contributed by atoms with van der Waals surface area (Å²) >= 11 is 0. The van der Waals surface area contributed by atoms with Gasteiger partial charge in [-0.15, -0.1) is 0 Å². The number of unbranched alkanes of at least 4 members (excludes halogenated alkanes) is 1. The van der Waals surface area contributed by atoms with Gasteiger partial charge in [-0.3, -0.25) is 15.0 Å². The molecule has 0 spiro atoms. The summed E-state index contributed by atoms with van der Waals surface area (Å²) in [6, 6.07) is 11.9. The van der Waals surface area contributed by atoms with Crippen molar-refractivity contribution in [2.24, 2.45) is 0 Å².